The maximum atomic E-state index is 12.3. The van der Waals surface area contributed by atoms with Gasteiger partial charge in [-0.05, 0) is 31.9 Å². The van der Waals surface area contributed by atoms with Crippen LogP contribution in [0.4, 0.5) is 0 Å². The minimum Gasteiger partial charge on any atom is -0.508 e. The monoisotopic (exact) mass is 271 g/mol. The SMILES string of the molecule is O=C1C=C[C@H]2[C@H]3CC4=C5C(=C(O)CC4)O[C@@H]1[C@]52CCN3. The van der Waals surface area contributed by atoms with Crippen LogP contribution in [0.2, 0.25) is 0 Å². The van der Waals surface area contributed by atoms with Gasteiger partial charge >= 0.3 is 0 Å². The van der Waals surface area contributed by atoms with Crippen LogP contribution in [0.3, 0.4) is 0 Å². The molecule has 2 heterocycles. The Labute approximate surface area is 117 Å². The minimum absolute atomic E-state index is 0.0605. The number of carbonyl (C=O) groups is 1. The molecular weight excluding hydrogens is 254 g/mol. The second-order valence-electron chi connectivity index (χ2n) is 6.59. The van der Waals surface area contributed by atoms with Crippen molar-refractivity contribution in [2.45, 2.75) is 37.8 Å². The van der Waals surface area contributed by atoms with E-state index in [-0.39, 0.29) is 11.2 Å². The molecule has 2 aliphatic heterocycles. The third-order valence-electron chi connectivity index (χ3n) is 5.84. The van der Waals surface area contributed by atoms with Crippen molar-refractivity contribution in [3.8, 4) is 0 Å². The summed E-state index contributed by atoms with van der Waals surface area (Å²) >= 11 is 0. The molecule has 0 aromatic heterocycles. The number of allylic oxidation sites excluding steroid dienone is 2. The number of hydrogen-bond acceptors (Lipinski definition) is 4. The van der Waals surface area contributed by atoms with E-state index in [2.05, 4.69) is 11.4 Å². The molecule has 0 aromatic rings. The highest BCUT2D eigenvalue weighted by atomic mass is 16.5. The summed E-state index contributed by atoms with van der Waals surface area (Å²) in [6, 6.07) is 0.414. The van der Waals surface area contributed by atoms with Crippen LogP contribution >= 0.6 is 0 Å². The molecule has 0 amide bonds. The van der Waals surface area contributed by atoms with Crippen LogP contribution in [0.1, 0.15) is 25.7 Å². The molecule has 0 unspecified atom stereocenters. The van der Waals surface area contributed by atoms with Crippen LogP contribution in [0.25, 0.3) is 0 Å². The Morgan fingerprint density at radius 1 is 1.40 bits per heavy atom. The lowest BCUT2D eigenvalue weighted by Crippen LogP contribution is -2.60. The van der Waals surface area contributed by atoms with Crippen LogP contribution in [-0.4, -0.2) is 29.6 Å². The molecule has 5 aliphatic rings. The highest BCUT2D eigenvalue weighted by Crippen LogP contribution is 2.63. The van der Waals surface area contributed by atoms with Gasteiger partial charge in [0.2, 0.25) is 0 Å². The van der Waals surface area contributed by atoms with E-state index in [1.54, 1.807) is 6.08 Å². The summed E-state index contributed by atoms with van der Waals surface area (Å²) in [6.07, 6.45) is 6.85. The van der Waals surface area contributed by atoms with E-state index in [9.17, 15) is 9.90 Å². The van der Waals surface area contributed by atoms with Crippen LogP contribution in [0, 0.1) is 11.3 Å². The van der Waals surface area contributed by atoms with Gasteiger partial charge in [0.25, 0.3) is 0 Å². The van der Waals surface area contributed by atoms with E-state index in [0.29, 0.717) is 29.9 Å². The molecule has 2 saturated heterocycles. The van der Waals surface area contributed by atoms with E-state index in [4.69, 9.17) is 4.74 Å². The zero-order valence-corrected chi connectivity index (χ0v) is 11.2. The fraction of sp³-hybridized carbons (Fsp3) is 0.562. The molecule has 4 heteroatoms. The first kappa shape index (κ1) is 11.1. The average molecular weight is 271 g/mol. The first-order valence-corrected chi connectivity index (χ1v) is 7.49. The maximum absolute atomic E-state index is 12.3. The summed E-state index contributed by atoms with van der Waals surface area (Å²) in [7, 11) is 0. The van der Waals surface area contributed by atoms with Crippen molar-refractivity contribution in [3.63, 3.8) is 0 Å². The molecule has 4 nitrogen and oxygen atoms in total. The van der Waals surface area contributed by atoms with Gasteiger partial charge in [0.15, 0.2) is 17.6 Å². The molecule has 104 valence electrons. The summed E-state index contributed by atoms with van der Waals surface area (Å²) in [4.78, 5) is 12.3. The second kappa shape index (κ2) is 3.37. The Morgan fingerprint density at radius 3 is 3.20 bits per heavy atom. The van der Waals surface area contributed by atoms with Crippen LogP contribution < -0.4 is 5.32 Å². The van der Waals surface area contributed by atoms with Gasteiger partial charge in [0.1, 0.15) is 5.76 Å². The standard InChI is InChI=1S/C16H17NO3/c18-11-3-1-8-7-10-9-2-4-12(19)15-16(9,5-6-17-10)13(8)14(11)20-15/h2,4,9-10,15,17-18H,1,3,5-7H2/t9-,10+,15-,16-/m0/s1. The first-order chi connectivity index (χ1) is 9.72. The predicted octanol–water partition coefficient (Wildman–Crippen LogP) is 1.75. The number of piperidine rings is 1. The Morgan fingerprint density at radius 2 is 2.30 bits per heavy atom. The Kier molecular flexibility index (Phi) is 1.88. The van der Waals surface area contributed by atoms with Crippen molar-refractivity contribution in [3.05, 3.63) is 34.8 Å². The number of ether oxygens (including phenoxy) is 1. The molecule has 0 radical (unpaired) electrons. The second-order valence-corrected chi connectivity index (χ2v) is 6.59. The molecule has 4 atom stereocenters. The smallest absolute Gasteiger partial charge is 0.196 e. The van der Waals surface area contributed by atoms with Crippen molar-refractivity contribution in [1.29, 1.82) is 0 Å². The third kappa shape index (κ3) is 1.04. The Bertz CT molecular complexity index is 630. The molecule has 2 N–H and O–H groups in total. The number of nitrogens with one attached hydrogen (secondary N) is 1. The van der Waals surface area contributed by atoms with Crippen LogP contribution in [0.5, 0.6) is 0 Å². The van der Waals surface area contributed by atoms with Crippen molar-refractivity contribution in [2.24, 2.45) is 11.3 Å². The number of ketones is 1. The number of rotatable bonds is 0. The summed E-state index contributed by atoms with van der Waals surface area (Å²) < 4.78 is 5.99. The van der Waals surface area contributed by atoms with Gasteiger partial charge in [-0.3, -0.25) is 4.79 Å². The van der Waals surface area contributed by atoms with Crippen molar-refractivity contribution in [1.82, 2.24) is 5.32 Å². The fourth-order valence-electron chi connectivity index (χ4n) is 5.12. The zero-order chi connectivity index (χ0) is 13.5. The topological polar surface area (TPSA) is 58.6 Å². The molecule has 2 fully saturated rings. The summed E-state index contributed by atoms with van der Waals surface area (Å²) in [5, 5.41) is 13.8. The molecule has 2 bridgehead atoms. The van der Waals surface area contributed by atoms with E-state index in [1.807, 2.05) is 0 Å². The van der Waals surface area contributed by atoms with Gasteiger partial charge in [-0.15, -0.1) is 0 Å². The zero-order valence-electron chi connectivity index (χ0n) is 11.2. The van der Waals surface area contributed by atoms with Crippen molar-refractivity contribution >= 4 is 5.78 Å². The Hall–Kier alpha value is -1.55. The van der Waals surface area contributed by atoms with E-state index < -0.39 is 6.10 Å². The number of carbonyl (C=O) groups excluding carboxylic acids is 1. The lowest BCUT2D eigenvalue weighted by atomic mass is 9.53. The van der Waals surface area contributed by atoms with Gasteiger partial charge in [0, 0.05) is 24.0 Å². The van der Waals surface area contributed by atoms with Crippen LogP contribution in [-0.2, 0) is 9.53 Å². The highest BCUT2D eigenvalue weighted by molar-refractivity contribution is 5.97. The molecular formula is C16H17NO3. The lowest BCUT2D eigenvalue weighted by molar-refractivity contribution is -0.130. The van der Waals surface area contributed by atoms with E-state index >= 15 is 0 Å². The average Bonchev–Trinajstić information content (AvgIpc) is 2.78. The Balaban J connectivity index is 1.84. The third-order valence-corrected chi connectivity index (χ3v) is 5.84. The number of hydrogen-bond donors (Lipinski definition) is 2. The highest BCUT2D eigenvalue weighted by Gasteiger charge is 2.65. The molecule has 1 spiro atoms. The van der Waals surface area contributed by atoms with Crippen molar-refractivity contribution < 1.29 is 14.6 Å². The molecule has 3 aliphatic carbocycles. The van der Waals surface area contributed by atoms with Gasteiger partial charge in [0.05, 0.1) is 5.41 Å². The minimum atomic E-state index is -0.414. The molecule has 0 saturated carbocycles. The molecule has 5 rings (SSSR count). The maximum Gasteiger partial charge on any atom is 0.196 e. The largest absolute Gasteiger partial charge is 0.508 e. The summed E-state index contributed by atoms with van der Waals surface area (Å²) in [5.74, 6) is 1.36. The first-order valence-electron chi connectivity index (χ1n) is 7.49. The van der Waals surface area contributed by atoms with Crippen LogP contribution in [0.15, 0.2) is 34.8 Å². The summed E-state index contributed by atoms with van der Waals surface area (Å²) in [6.45, 7) is 0.924. The normalized spacial score (nSPS) is 44.6. The predicted molar refractivity (Wildman–Crippen MR) is 71.9 cm³/mol. The van der Waals surface area contributed by atoms with Gasteiger partial charge < -0.3 is 15.2 Å². The quantitative estimate of drug-likeness (QED) is 0.705. The van der Waals surface area contributed by atoms with Crippen molar-refractivity contribution in [2.75, 3.05) is 6.54 Å². The number of aliphatic hydroxyl groups is 1. The van der Waals surface area contributed by atoms with Gasteiger partial charge in [-0.25, -0.2) is 0 Å². The molecule has 20 heavy (non-hydrogen) atoms. The van der Waals surface area contributed by atoms with E-state index in [1.165, 1.54) is 11.1 Å². The van der Waals surface area contributed by atoms with Gasteiger partial charge in [-0.2, -0.15) is 0 Å². The molecule has 0 aromatic carbocycles. The fourth-order valence-corrected chi connectivity index (χ4v) is 5.12. The lowest BCUT2D eigenvalue weighted by Gasteiger charge is -2.52. The van der Waals surface area contributed by atoms with E-state index in [0.717, 1.165) is 25.8 Å². The number of aliphatic hydroxyl groups excluding tert-OH is 1. The van der Waals surface area contributed by atoms with Gasteiger partial charge in [-0.1, -0.05) is 11.6 Å². The summed E-state index contributed by atoms with van der Waals surface area (Å²) in [5.41, 5.74) is 2.38.